The first-order chi connectivity index (χ1) is 12.1. The van der Waals surface area contributed by atoms with Gasteiger partial charge in [-0.25, -0.2) is 9.37 Å². The lowest BCUT2D eigenvalue weighted by atomic mass is 9.84. The number of aromatic nitrogens is 1. The third-order valence-electron chi connectivity index (χ3n) is 3.78. The summed E-state index contributed by atoms with van der Waals surface area (Å²) in [5.74, 6) is 0.126. The fourth-order valence-electron chi connectivity index (χ4n) is 2.22. The van der Waals surface area contributed by atoms with Gasteiger partial charge in [-0.3, -0.25) is 4.99 Å². The summed E-state index contributed by atoms with van der Waals surface area (Å²) >= 11 is 0.933. The fraction of sp³-hybridized carbons (Fsp3) is 0.412. The Morgan fingerprint density at radius 2 is 1.93 bits per heavy atom. The average molecular weight is 516 g/mol. The molecule has 27 heavy (non-hydrogen) atoms. The largest absolute Gasteiger partial charge is 0.434 e. The summed E-state index contributed by atoms with van der Waals surface area (Å²) < 4.78 is 51.1. The van der Waals surface area contributed by atoms with Crippen LogP contribution in [0.15, 0.2) is 34.6 Å². The lowest BCUT2D eigenvalue weighted by Gasteiger charge is -2.26. The number of hydrogen-bond acceptors (Lipinski definition) is 3. The minimum Gasteiger partial charge on any atom is -0.356 e. The van der Waals surface area contributed by atoms with Gasteiger partial charge in [0.1, 0.15) is 10.8 Å². The van der Waals surface area contributed by atoms with E-state index >= 15 is 0 Å². The van der Waals surface area contributed by atoms with Gasteiger partial charge in [-0.15, -0.1) is 35.3 Å². The minimum atomic E-state index is -4.44. The second-order valence-corrected chi connectivity index (χ2v) is 7.24. The zero-order valence-corrected chi connectivity index (χ0v) is 18.2. The molecule has 2 N–H and O–H groups in total. The van der Waals surface area contributed by atoms with Crippen molar-refractivity contribution < 1.29 is 17.6 Å². The third-order valence-corrected chi connectivity index (χ3v) is 4.63. The first-order valence-corrected chi connectivity index (χ1v) is 8.72. The van der Waals surface area contributed by atoms with Gasteiger partial charge in [0.15, 0.2) is 11.7 Å². The molecular formula is C17H21F4IN4S. The van der Waals surface area contributed by atoms with Crippen LogP contribution in [0.25, 0.3) is 0 Å². The maximum atomic E-state index is 13.4. The summed E-state index contributed by atoms with van der Waals surface area (Å²) in [5, 5.41) is 7.33. The van der Waals surface area contributed by atoms with Crippen LogP contribution in [0.3, 0.4) is 0 Å². The molecule has 0 aliphatic rings. The first-order valence-electron chi connectivity index (χ1n) is 7.84. The molecule has 2 aromatic rings. The number of alkyl halides is 3. The number of nitrogens with one attached hydrogen (secondary N) is 2. The van der Waals surface area contributed by atoms with Crippen molar-refractivity contribution in [3.8, 4) is 0 Å². The van der Waals surface area contributed by atoms with Crippen molar-refractivity contribution in [3.05, 3.63) is 51.7 Å². The van der Waals surface area contributed by atoms with Crippen molar-refractivity contribution in [2.24, 2.45) is 4.99 Å². The van der Waals surface area contributed by atoms with E-state index in [2.05, 4.69) is 20.6 Å². The predicted octanol–water partition coefficient (Wildman–Crippen LogP) is 4.56. The number of guanidine groups is 1. The van der Waals surface area contributed by atoms with E-state index in [4.69, 9.17) is 0 Å². The third kappa shape index (κ3) is 6.91. The van der Waals surface area contributed by atoms with Crippen molar-refractivity contribution in [1.29, 1.82) is 0 Å². The number of thiazole rings is 1. The zero-order chi connectivity index (χ0) is 19.4. The maximum absolute atomic E-state index is 13.4. The van der Waals surface area contributed by atoms with Crippen LogP contribution in [0, 0.1) is 5.82 Å². The summed E-state index contributed by atoms with van der Waals surface area (Å²) in [4.78, 5) is 7.61. The molecule has 0 aliphatic carbocycles. The predicted molar refractivity (Wildman–Crippen MR) is 110 cm³/mol. The first kappa shape index (κ1) is 23.6. The highest BCUT2D eigenvalue weighted by molar-refractivity contribution is 14.0. The van der Waals surface area contributed by atoms with Crippen LogP contribution in [0.4, 0.5) is 17.6 Å². The number of aliphatic imine (C=N–C) groups is 1. The molecule has 1 aromatic heterocycles. The van der Waals surface area contributed by atoms with Crippen LogP contribution in [-0.2, 0) is 18.1 Å². The van der Waals surface area contributed by atoms with Crippen LogP contribution in [-0.4, -0.2) is 24.5 Å². The standard InChI is InChI=1S/C17H20F4N4S.HI/c1-16(2,11-5-4-6-12(18)7-11)10-24-15(22-3)23-8-14-25-13(9-26-14)17(19,20)21;/h4-7,9H,8,10H2,1-3H3,(H2,22,23,24);1H. The summed E-state index contributed by atoms with van der Waals surface area (Å²) in [6.45, 7) is 4.50. The number of nitrogens with zero attached hydrogens (tertiary/aromatic N) is 2. The second-order valence-electron chi connectivity index (χ2n) is 6.30. The van der Waals surface area contributed by atoms with E-state index < -0.39 is 11.9 Å². The molecule has 0 bridgehead atoms. The fourth-order valence-corrected chi connectivity index (χ4v) is 2.96. The Balaban J connectivity index is 0.00000364. The highest BCUT2D eigenvalue weighted by Crippen LogP contribution is 2.30. The lowest BCUT2D eigenvalue weighted by Crippen LogP contribution is -2.43. The molecule has 10 heteroatoms. The van der Waals surface area contributed by atoms with Crippen molar-refractivity contribution in [2.75, 3.05) is 13.6 Å². The Labute approximate surface area is 176 Å². The maximum Gasteiger partial charge on any atom is 0.434 e. The average Bonchev–Trinajstić information content (AvgIpc) is 3.04. The Bertz CT molecular complexity index is 774. The Kier molecular flexibility index (Phi) is 8.46. The molecule has 0 amide bonds. The molecule has 0 saturated heterocycles. The highest BCUT2D eigenvalue weighted by Gasteiger charge is 2.33. The summed E-state index contributed by atoms with van der Waals surface area (Å²) in [5.41, 5.74) is -0.436. The number of rotatable bonds is 5. The molecule has 150 valence electrons. The van der Waals surface area contributed by atoms with Gasteiger partial charge in [0.2, 0.25) is 0 Å². The van der Waals surface area contributed by atoms with Crippen molar-refractivity contribution >= 4 is 41.3 Å². The Morgan fingerprint density at radius 3 is 2.48 bits per heavy atom. The van der Waals surface area contributed by atoms with E-state index in [-0.39, 0.29) is 41.8 Å². The Morgan fingerprint density at radius 1 is 1.22 bits per heavy atom. The number of halogens is 5. The van der Waals surface area contributed by atoms with Gasteiger partial charge < -0.3 is 10.6 Å². The topological polar surface area (TPSA) is 49.3 Å². The molecule has 0 saturated carbocycles. The zero-order valence-electron chi connectivity index (χ0n) is 15.0. The molecule has 1 heterocycles. The van der Waals surface area contributed by atoms with Crippen molar-refractivity contribution in [3.63, 3.8) is 0 Å². The summed E-state index contributed by atoms with van der Waals surface area (Å²) in [6, 6.07) is 6.36. The van der Waals surface area contributed by atoms with Crippen LogP contribution in [0.2, 0.25) is 0 Å². The van der Waals surface area contributed by atoms with Gasteiger partial charge in [0.05, 0.1) is 6.54 Å². The van der Waals surface area contributed by atoms with E-state index in [1.54, 1.807) is 13.1 Å². The van der Waals surface area contributed by atoms with Crippen LogP contribution in [0.1, 0.15) is 30.1 Å². The SMILES string of the molecule is CN=C(NCc1nc(C(F)(F)F)cs1)NCC(C)(C)c1cccc(F)c1.I. The molecule has 0 fully saturated rings. The normalized spacial score (nSPS) is 12.5. The van der Waals surface area contributed by atoms with Crippen molar-refractivity contribution in [1.82, 2.24) is 15.6 Å². The molecule has 0 aliphatic heterocycles. The molecule has 0 radical (unpaired) electrons. The van der Waals surface area contributed by atoms with Crippen LogP contribution < -0.4 is 10.6 Å². The van der Waals surface area contributed by atoms with Gasteiger partial charge in [-0.1, -0.05) is 26.0 Å². The van der Waals surface area contributed by atoms with Crippen molar-refractivity contribution in [2.45, 2.75) is 32.0 Å². The second kappa shape index (κ2) is 9.67. The van der Waals surface area contributed by atoms with Gasteiger partial charge in [0, 0.05) is 24.4 Å². The van der Waals surface area contributed by atoms with Crippen LogP contribution in [0.5, 0.6) is 0 Å². The summed E-state index contributed by atoms with van der Waals surface area (Å²) in [7, 11) is 1.56. The molecule has 1 aromatic carbocycles. The van der Waals surface area contributed by atoms with E-state index in [1.807, 2.05) is 19.9 Å². The lowest BCUT2D eigenvalue weighted by molar-refractivity contribution is -0.140. The van der Waals surface area contributed by atoms with Gasteiger partial charge >= 0.3 is 6.18 Å². The van der Waals surface area contributed by atoms with Gasteiger partial charge in [-0.05, 0) is 17.7 Å². The van der Waals surface area contributed by atoms with E-state index in [0.29, 0.717) is 17.5 Å². The quantitative estimate of drug-likeness (QED) is 0.265. The minimum absolute atomic E-state index is 0. The van der Waals surface area contributed by atoms with Gasteiger partial charge in [-0.2, -0.15) is 13.2 Å². The Hall–Kier alpha value is -1.43. The molecule has 0 atom stereocenters. The van der Waals surface area contributed by atoms with E-state index in [1.165, 1.54) is 12.1 Å². The monoisotopic (exact) mass is 516 g/mol. The highest BCUT2D eigenvalue weighted by atomic mass is 127. The molecule has 0 unspecified atom stereocenters. The number of benzene rings is 1. The molecule has 2 rings (SSSR count). The molecule has 4 nitrogen and oxygen atoms in total. The molecular weight excluding hydrogens is 495 g/mol. The van der Waals surface area contributed by atoms with E-state index in [9.17, 15) is 17.6 Å². The van der Waals surface area contributed by atoms with Gasteiger partial charge in [0.25, 0.3) is 0 Å². The summed E-state index contributed by atoms with van der Waals surface area (Å²) in [6.07, 6.45) is -4.44. The van der Waals surface area contributed by atoms with Crippen LogP contribution >= 0.6 is 35.3 Å². The smallest absolute Gasteiger partial charge is 0.356 e. The molecule has 0 spiro atoms. The van der Waals surface area contributed by atoms with E-state index in [0.717, 1.165) is 22.3 Å². The number of hydrogen-bond donors (Lipinski definition) is 2.